The maximum Gasteiger partial charge on any atom is 0.307 e. The van der Waals surface area contributed by atoms with Crippen LogP contribution < -0.4 is 10.1 Å². The van der Waals surface area contributed by atoms with E-state index in [-0.39, 0.29) is 24.6 Å². The number of ether oxygens (including phenoxy) is 2. The van der Waals surface area contributed by atoms with Crippen LogP contribution in [-0.2, 0) is 14.3 Å². The minimum absolute atomic E-state index is 0.00979. The van der Waals surface area contributed by atoms with Gasteiger partial charge < -0.3 is 9.47 Å². The highest BCUT2D eigenvalue weighted by Crippen LogP contribution is 2.14. The summed E-state index contributed by atoms with van der Waals surface area (Å²) in [4.78, 5) is 43.8. The first-order valence-corrected chi connectivity index (χ1v) is 9.03. The fourth-order valence-corrected chi connectivity index (χ4v) is 2.20. The van der Waals surface area contributed by atoms with Crippen LogP contribution in [0.5, 0.6) is 5.75 Å². The summed E-state index contributed by atoms with van der Waals surface area (Å²) < 4.78 is 10.5. The number of nitrogens with one attached hydrogen (secondary N) is 1. The first kappa shape index (κ1) is 21.0. The Balaban J connectivity index is 1.76. The molecule has 2 aromatic rings. The Morgan fingerprint density at radius 3 is 2.39 bits per heavy atom. The van der Waals surface area contributed by atoms with Gasteiger partial charge in [0.1, 0.15) is 5.75 Å². The normalized spacial score (nSPS) is 11.4. The summed E-state index contributed by atoms with van der Waals surface area (Å²) in [5.74, 6) is -0.549. The highest BCUT2D eigenvalue weighted by molar-refractivity contribution is 5.98. The van der Waals surface area contributed by atoms with Crippen molar-refractivity contribution in [3.63, 3.8) is 0 Å². The fourth-order valence-electron chi connectivity index (χ4n) is 2.20. The molecule has 0 bridgehead atoms. The molecule has 1 aromatic heterocycles. The van der Waals surface area contributed by atoms with Gasteiger partial charge in [0.2, 0.25) is 5.95 Å². The van der Waals surface area contributed by atoms with E-state index in [1.807, 2.05) is 6.92 Å². The molecule has 0 aliphatic heterocycles. The second kappa shape index (κ2) is 10.8. The minimum atomic E-state index is -1.03. The number of hydrogen-bond acceptors (Lipinski definition) is 7. The topological polar surface area (TPSA) is 107 Å². The number of aromatic nitrogens is 2. The molecule has 0 saturated carbocycles. The zero-order chi connectivity index (χ0) is 20.4. The van der Waals surface area contributed by atoms with Crippen molar-refractivity contribution in [2.24, 2.45) is 0 Å². The quantitative estimate of drug-likeness (QED) is 0.495. The predicted octanol–water partition coefficient (Wildman–Crippen LogP) is 2.80. The van der Waals surface area contributed by atoms with Crippen molar-refractivity contribution < 1.29 is 23.9 Å². The molecular formula is C20H23N3O5. The number of Topliss-reactive ketones (excluding diaryl/α,β-unsaturated/α-hetero) is 1. The van der Waals surface area contributed by atoms with E-state index in [0.717, 1.165) is 6.42 Å². The summed E-state index contributed by atoms with van der Waals surface area (Å²) >= 11 is 0. The van der Waals surface area contributed by atoms with Crippen LogP contribution in [0.2, 0.25) is 0 Å². The molecule has 0 radical (unpaired) electrons. The van der Waals surface area contributed by atoms with Crippen LogP contribution in [0.15, 0.2) is 42.7 Å². The highest BCUT2D eigenvalue weighted by Gasteiger charge is 2.19. The van der Waals surface area contributed by atoms with Crippen LogP contribution in [0.4, 0.5) is 5.95 Å². The van der Waals surface area contributed by atoms with Gasteiger partial charge in [0.05, 0.1) is 13.0 Å². The van der Waals surface area contributed by atoms with E-state index < -0.39 is 18.0 Å². The Labute approximate surface area is 163 Å². The Morgan fingerprint density at radius 2 is 1.75 bits per heavy atom. The molecule has 1 atom stereocenters. The van der Waals surface area contributed by atoms with E-state index in [0.29, 0.717) is 17.9 Å². The van der Waals surface area contributed by atoms with Gasteiger partial charge in [-0.1, -0.05) is 6.92 Å². The van der Waals surface area contributed by atoms with Gasteiger partial charge in [-0.15, -0.1) is 0 Å². The Kier molecular flexibility index (Phi) is 8.08. The lowest BCUT2D eigenvalue weighted by Gasteiger charge is -2.12. The van der Waals surface area contributed by atoms with Crippen LogP contribution in [0, 0.1) is 0 Å². The van der Waals surface area contributed by atoms with E-state index in [1.165, 1.54) is 19.3 Å². The van der Waals surface area contributed by atoms with E-state index in [9.17, 15) is 14.4 Å². The standard InChI is InChI=1S/C20H23N3O5/c1-3-13-27-16-7-5-15(6-8-16)17(24)9-10-18(25)28-14(2)19(26)23-20-21-11-4-12-22-20/h4-8,11-12,14H,3,9-10,13H2,1-2H3,(H,21,22,23,26). The van der Waals surface area contributed by atoms with Gasteiger partial charge >= 0.3 is 5.97 Å². The van der Waals surface area contributed by atoms with Crippen molar-refractivity contribution in [3.8, 4) is 5.75 Å². The minimum Gasteiger partial charge on any atom is -0.494 e. The molecular weight excluding hydrogens is 362 g/mol. The Hall–Kier alpha value is -3.29. The molecule has 1 N–H and O–H groups in total. The summed E-state index contributed by atoms with van der Waals surface area (Å²) in [6.45, 7) is 4.06. The summed E-state index contributed by atoms with van der Waals surface area (Å²) in [7, 11) is 0. The molecule has 8 nitrogen and oxygen atoms in total. The number of esters is 1. The van der Waals surface area contributed by atoms with E-state index >= 15 is 0 Å². The SMILES string of the molecule is CCCOc1ccc(C(=O)CCC(=O)OC(C)C(=O)Nc2ncccn2)cc1. The monoisotopic (exact) mass is 385 g/mol. The van der Waals surface area contributed by atoms with Gasteiger partial charge in [-0.25, -0.2) is 9.97 Å². The maximum atomic E-state index is 12.2. The predicted molar refractivity (Wildman–Crippen MR) is 102 cm³/mol. The number of anilines is 1. The number of ketones is 1. The fraction of sp³-hybridized carbons (Fsp3) is 0.350. The molecule has 0 aliphatic rings. The zero-order valence-corrected chi connectivity index (χ0v) is 15.9. The molecule has 2 rings (SSSR count). The second-order valence-corrected chi connectivity index (χ2v) is 5.99. The van der Waals surface area contributed by atoms with Crippen molar-refractivity contribution in [1.29, 1.82) is 0 Å². The Bertz CT molecular complexity index is 793. The first-order valence-electron chi connectivity index (χ1n) is 9.03. The van der Waals surface area contributed by atoms with Gasteiger partial charge in [0.25, 0.3) is 5.91 Å². The van der Waals surface area contributed by atoms with Crippen LogP contribution in [0.25, 0.3) is 0 Å². The molecule has 8 heteroatoms. The number of nitrogens with zero attached hydrogens (tertiary/aromatic N) is 2. The van der Waals surface area contributed by atoms with Crippen molar-refractivity contribution in [2.45, 2.75) is 39.2 Å². The van der Waals surface area contributed by atoms with E-state index in [2.05, 4.69) is 15.3 Å². The largest absolute Gasteiger partial charge is 0.494 e. The molecule has 0 fully saturated rings. The molecule has 1 unspecified atom stereocenters. The summed E-state index contributed by atoms with van der Waals surface area (Å²) in [6, 6.07) is 8.38. The molecule has 1 heterocycles. The molecule has 1 aromatic carbocycles. The van der Waals surface area contributed by atoms with Crippen molar-refractivity contribution in [3.05, 3.63) is 48.3 Å². The van der Waals surface area contributed by atoms with Crippen molar-refractivity contribution in [1.82, 2.24) is 9.97 Å². The molecule has 28 heavy (non-hydrogen) atoms. The van der Waals surface area contributed by atoms with Gasteiger partial charge in [0, 0.05) is 24.4 Å². The van der Waals surface area contributed by atoms with Crippen LogP contribution in [0.1, 0.15) is 43.5 Å². The van der Waals surface area contributed by atoms with Crippen LogP contribution >= 0.6 is 0 Å². The van der Waals surface area contributed by atoms with Crippen LogP contribution in [-0.4, -0.2) is 40.3 Å². The summed E-state index contributed by atoms with van der Waals surface area (Å²) in [5.41, 5.74) is 0.490. The molecule has 0 spiro atoms. The molecule has 0 saturated heterocycles. The average molecular weight is 385 g/mol. The Morgan fingerprint density at radius 1 is 1.07 bits per heavy atom. The lowest BCUT2D eigenvalue weighted by atomic mass is 10.1. The number of rotatable bonds is 10. The van der Waals surface area contributed by atoms with Crippen molar-refractivity contribution >= 4 is 23.6 Å². The number of amides is 1. The highest BCUT2D eigenvalue weighted by atomic mass is 16.5. The third-order valence-electron chi connectivity index (χ3n) is 3.68. The van der Waals surface area contributed by atoms with Gasteiger partial charge in [-0.3, -0.25) is 19.7 Å². The third-order valence-corrected chi connectivity index (χ3v) is 3.68. The second-order valence-electron chi connectivity index (χ2n) is 5.99. The number of benzene rings is 1. The third kappa shape index (κ3) is 6.79. The van der Waals surface area contributed by atoms with Crippen LogP contribution in [0.3, 0.4) is 0 Å². The van der Waals surface area contributed by atoms with Gasteiger partial charge in [-0.05, 0) is 43.7 Å². The average Bonchev–Trinajstić information content (AvgIpc) is 2.71. The summed E-state index contributed by atoms with van der Waals surface area (Å²) in [6.07, 6.45) is 2.70. The number of carbonyl (C=O) groups excluding carboxylic acids is 3. The molecule has 0 aliphatic carbocycles. The van der Waals surface area contributed by atoms with Gasteiger partial charge in [-0.2, -0.15) is 0 Å². The van der Waals surface area contributed by atoms with E-state index in [4.69, 9.17) is 9.47 Å². The smallest absolute Gasteiger partial charge is 0.307 e. The molecule has 148 valence electrons. The summed E-state index contributed by atoms with van der Waals surface area (Å²) in [5, 5.41) is 2.44. The lowest BCUT2D eigenvalue weighted by molar-refractivity contribution is -0.153. The van der Waals surface area contributed by atoms with Gasteiger partial charge in [0.15, 0.2) is 11.9 Å². The maximum absolute atomic E-state index is 12.2. The van der Waals surface area contributed by atoms with E-state index in [1.54, 1.807) is 30.3 Å². The molecule has 1 amide bonds. The lowest BCUT2D eigenvalue weighted by Crippen LogP contribution is -2.30. The number of hydrogen-bond donors (Lipinski definition) is 1. The number of carbonyl (C=O) groups is 3. The first-order chi connectivity index (χ1) is 13.5. The van der Waals surface area contributed by atoms with Crippen molar-refractivity contribution in [2.75, 3.05) is 11.9 Å². The zero-order valence-electron chi connectivity index (χ0n) is 15.9.